The Morgan fingerprint density at radius 2 is 1.74 bits per heavy atom. The van der Waals surface area contributed by atoms with Crippen LogP contribution in [0.25, 0.3) is 22.4 Å². The molecule has 0 aliphatic carbocycles. The Hall–Kier alpha value is -3.28. The number of phenolic OH excluding ortho intramolecular Hbond substituents is 2. The first-order valence-electron chi connectivity index (χ1n) is 6.88. The van der Waals surface area contributed by atoms with Crippen LogP contribution in [0.2, 0.25) is 0 Å². The van der Waals surface area contributed by atoms with Crippen LogP contribution in [0.3, 0.4) is 0 Å². The van der Waals surface area contributed by atoms with Crippen LogP contribution in [0, 0.1) is 0 Å². The van der Waals surface area contributed by atoms with Crippen LogP contribution in [0.1, 0.15) is 0 Å². The van der Waals surface area contributed by atoms with Crippen LogP contribution in [-0.2, 0) is 0 Å². The molecule has 4 N–H and O–H groups in total. The molecule has 6 nitrogen and oxygen atoms in total. The highest BCUT2D eigenvalue weighted by Gasteiger charge is 2.15. The van der Waals surface area contributed by atoms with Gasteiger partial charge in [0, 0.05) is 23.4 Å². The summed E-state index contributed by atoms with van der Waals surface area (Å²) in [6.07, 6.45) is 1.59. The number of rotatable bonds is 3. The second-order valence-corrected chi connectivity index (χ2v) is 4.92. The Labute approximate surface area is 132 Å². The van der Waals surface area contributed by atoms with Crippen LogP contribution >= 0.6 is 0 Å². The molecule has 0 aliphatic heterocycles. The van der Waals surface area contributed by atoms with E-state index >= 15 is 0 Å². The van der Waals surface area contributed by atoms with Crippen LogP contribution in [0.5, 0.6) is 17.2 Å². The first-order valence-corrected chi connectivity index (χ1v) is 6.88. The smallest absolute Gasteiger partial charge is 0.220 e. The van der Waals surface area contributed by atoms with Crippen molar-refractivity contribution in [3.05, 3.63) is 48.7 Å². The lowest BCUT2D eigenvalue weighted by atomic mass is 10.00. The highest BCUT2D eigenvalue weighted by atomic mass is 16.5. The topological polar surface area (TPSA) is 101 Å². The normalized spacial score (nSPS) is 10.5. The van der Waals surface area contributed by atoms with Crippen molar-refractivity contribution in [2.45, 2.75) is 0 Å². The number of hydrogen-bond acceptors (Lipinski definition) is 6. The molecule has 0 saturated carbocycles. The fraction of sp³-hybridized carbons (Fsp3) is 0.0588. The summed E-state index contributed by atoms with van der Waals surface area (Å²) in [6, 6.07) is 11.6. The number of anilines is 1. The van der Waals surface area contributed by atoms with Gasteiger partial charge in [-0.3, -0.25) is 0 Å². The molecule has 1 heterocycles. The molecular formula is C17H15N3O3. The zero-order valence-electron chi connectivity index (χ0n) is 12.4. The molecule has 0 unspecified atom stereocenters. The predicted octanol–water partition coefficient (Wildman–Crippen LogP) is 2.81. The molecule has 3 aromatic rings. The summed E-state index contributed by atoms with van der Waals surface area (Å²) in [6.45, 7) is 0. The monoisotopic (exact) mass is 309 g/mol. The SMILES string of the molecule is COc1ccc(-c2nc(N)ncc2-c2ccc(O)cc2)c(O)c1. The summed E-state index contributed by atoms with van der Waals surface area (Å²) in [5.41, 5.74) is 8.22. The van der Waals surface area contributed by atoms with Gasteiger partial charge in [-0.2, -0.15) is 0 Å². The van der Waals surface area contributed by atoms with E-state index in [1.165, 1.54) is 13.2 Å². The van der Waals surface area contributed by atoms with Gasteiger partial charge in [-0.1, -0.05) is 12.1 Å². The fourth-order valence-corrected chi connectivity index (χ4v) is 2.29. The third-order valence-electron chi connectivity index (χ3n) is 3.45. The molecule has 0 atom stereocenters. The van der Waals surface area contributed by atoms with E-state index in [0.29, 0.717) is 22.6 Å². The van der Waals surface area contributed by atoms with Crippen molar-refractivity contribution in [2.75, 3.05) is 12.8 Å². The number of hydrogen-bond donors (Lipinski definition) is 3. The number of phenols is 2. The van der Waals surface area contributed by atoms with Crippen LogP contribution in [0.4, 0.5) is 5.95 Å². The van der Waals surface area contributed by atoms with Crippen molar-refractivity contribution >= 4 is 5.95 Å². The summed E-state index contributed by atoms with van der Waals surface area (Å²) < 4.78 is 5.09. The van der Waals surface area contributed by atoms with Crippen molar-refractivity contribution < 1.29 is 14.9 Å². The summed E-state index contributed by atoms with van der Waals surface area (Å²) >= 11 is 0. The Morgan fingerprint density at radius 3 is 2.39 bits per heavy atom. The third-order valence-corrected chi connectivity index (χ3v) is 3.45. The average Bonchev–Trinajstić information content (AvgIpc) is 2.55. The maximum Gasteiger partial charge on any atom is 0.220 e. The first-order chi connectivity index (χ1) is 11.1. The van der Waals surface area contributed by atoms with E-state index in [0.717, 1.165) is 5.56 Å². The Kier molecular flexibility index (Phi) is 3.72. The van der Waals surface area contributed by atoms with E-state index in [-0.39, 0.29) is 17.4 Å². The van der Waals surface area contributed by atoms with E-state index in [9.17, 15) is 10.2 Å². The highest BCUT2D eigenvalue weighted by molar-refractivity contribution is 5.83. The number of methoxy groups -OCH3 is 1. The molecular weight excluding hydrogens is 294 g/mol. The lowest BCUT2D eigenvalue weighted by molar-refractivity contribution is 0.408. The van der Waals surface area contributed by atoms with Crippen molar-refractivity contribution in [3.63, 3.8) is 0 Å². The Morgan fingerprint density at radius 1 is 1.00 bits per heavy atom. The minimum Gasteiger partial charge on any atom is -0.508 e. The summed E-state index contributed by atoms with van der Waals surface area (Å²) in [4.78, 5) is 8.29. The largest absolute Gasteiger partial charge is 0.508 e. The second-order valence-electron chi connectivity index (χ2n) is 4.92. The highest BCUT2D eigenvalue weighted by Crippen LogP contribution is 2.37. The van der Waals surface area contributed by atoms with Gasteiger partial charge in [0.25, 0.3) is 0 Å². The molecule has 6 heteroatoms. The van der Waals surface area contributed by atoms with Crippen molar-refractivity contribution in [1.29, 1.82) is 0 Å². The van der Waals surface area contributed by atoms with Crippen molar-refractivity contribution in [3.8, 4) is 39.6 Å². The van der Waals surface area contributed by atoms with E-state index in [1.54, 1.807) is 42.6 Å². The second kappa shape index (κ2) is 5.84. The average molecular weight is 309 g/mol. The molecule has 0 radical (unpaired) electrons. The number of benzene rings is 2. The molecule has 116 valence electrons. The summed E-state index contributed by atoms with van der Waals surface area (Å²) in [5, 5.41) is 19.7. The van der Waals surface area contributed by atoms with Gasteiger partial charge >= 0.3 is 0 Å². The van der Waals surface area contributed by atoms with E-state index < -0.39 is 0 Å². The summed E-state index contributed by atoms with van der Waals surface area (Å²) in [7, 11) is 1.53. The molecule has 0 aliphatic rings. The standard InChI is InChI=1S/C17H15N3O3/c1-23-12-6-7-13(15(22)8-12)16-14(9-19-17(18)20-16)10-2-4-11(21)5-3-10/h2-9,21-22H,1H3,(H2,18,19,20). The maximum atomic E-state index is 10.3. The lowest BCUT2D eigenvalue weighted by Gasteiger charge is -2.12. The number of nitrogen functional groups attached to an aromatic ring is 1. The Bertz CT molecular complexity index is 848. The molecule has 2 aromatic carbocycles. The minimum atomic E-state index is 0.0301. The van der Waals surface area contributed by atoms with E-state index in [1.807, 2.05) is 0 Å². The quantitative estimate of drug-likeness (QED) is 0.687. The maximum absolute atomic E-state index is 10.3. The molecule has 0 spiro atoms. The van der Waals surface area contributed by atoms with Crippen LogP contribution < -0.4 is 10.5 Å². The molecule has 3 rings (SSSR count). The predicted molar refractivity (Wildman–Crippen MR) is 87.2 cm³/mol. The van der Waals surface area contributed by atoms with E-state index in [4.69, 9.17) is 10.5 Å². The number of nitrogens with zero attached hydrogens (tertiary/aromatic N) is 2. The molecule has 23 heavy (non-hydrogen) atoms. The van der Waals surface area contributed by atoms with Crippen LogP contribution in [-0.4, -0.2) is 27.3 Å². The van der Waals surface area contributed by atoms with Gasteiger partial charge in [0.2, 0.25) is 5.95 Å². The van der Waals surface area contributed by atoms with Gasteiger partial charge in [-0.15, -0.1) is 0 Å². The molecule has 1 aromatic heterocycles. The third kappa shape index (κ3) is 2.87. The van der Waals surface area contributed by atoms with Crippen molar-refractivity contribution in [2.24, 2.45) is 0 Å². The molecule has 0 amide bonds. The fourth-order valence-electron chi connectivity index (χ4n) is 2.29. The molecule has 0 saturated heterocycles. The number of nitrogens with two attached hydrogens (primary N) is 1. The van der Waals surface area contributed by atoms with Gasteiger partial charge in [0.05, 0.1) is 12.8 Å². The summed E-state index contributed by atoms with van der Waals surface area (Å²) in [5.74, 6) is 0.846. The number of aromatic nitrogens is 2. The van der Waals surface area contributed by atoms with E-state index in [2.05, 4.69) is 9.97 Å². The zero-order chi connectivity index (χ0) is 16.4. The van der Waals surface area contributed by atoms with Gasteiger partial charge in [-0.25, -0.2) is 9.97 Å². The van der Waals surface area contributed by atoms with Gasteiger partial charge in [0.15, 0.2) is 0 Å². The molecule has 0 fully saturated rings. The van der Waals surface area contributed by atoms with Gasteiger partial charge in [-0.05, 0) is 29.8 Å². The number of ether oxygens (including phenoxy) is 1. The number of aromatic hydroxyl groups is 2. The zero-order valence-corrected chi connectivity index (χ0v) is 12.4. The van der Waals surface area contributed by atoms with Gasteiger partial charge in [0.1, 0.15) is 17.2 Å². The van der Waals surface area contributed by atoms with Gasteiger partial charge < -0.3 is 20.7 Å². The first kappa shape index (κ1) is 14.6. The Balaban J connectivity index is 2.19. The minimum absolute atomic E-state index is 0.0301. The van der Waals surface area contributed by atoms with Crippen molar-refractivity contribution in [1.82, 2.24) is 9.97 Å². The lowest BCUT2D eigenvalue weighted by Crippen LogP contribution is -1.99. The molecule has 0 bridgehead atoms. The van der Waals surface area contributed by atoms with Crippen LogP contribution in [0.15, 0.2) is 48.7 Å².